The molecule has 1 rings (SSSR count). The molecule has 0 aliphatic carbocycles. The summed E-state index contributed by atoms with van der Waals surface area (Å²) in [4.78, 5) is 0. The van der Waals surface area contributed by atoms with Gasteiger partial charge in [0.05, 0.1) is 25.0 Å². The first kappa shape index (κ1) is 12.0. The van der Waals surface area contributed by atoms with Crippen LogP contribution in [0, 0.1) is 5.92 Å². The molecule has 0 fully saturated rings. The molecule has 1 aromatic rings. The van der Waals surface area contributed by atoms with Crippen molar-refractivity contribution in [1.29, 1.82) is 0 Å². The molecule has 0 saturated heterocycles. The van der Waals surface area contributed by atoms with E-state index in [1.807, 2.05) is 17.1 Å². The van der Waals surface area contributed by atoms with Gasteiger partial charge in [-0.1, -0.05) is 13.8 Å². The van der Waals surface area contributed by atoms with Gasteiger partial charge in [0, 0.05) is 19.9 Å². The molecule has 0 spiro atoms. The van der Waals surface area contributed by atoms with Gasteiger partial charge in [-0.25, -0.2) is 0 Å². The van der Waals surface area contributed by atoms with Gasteiger partial charge in [0.15, 0.2) is 0 Å². The highest BCUT2D eigenvalue weighted by molar-refractivity contribution is 5.37. The molecule has 0 aromatic carbocycles. The summed E-state index contributed by atoms with van der Waals surface area (Å²) in [5.74, 6) is 0.737. The van der Waals surface area contributed by atoms with E-state index < -0.39 is 0 Å². The summed E-state index contributed by atoms with van der Waals surface area (Å²) < 4.78 is 6.88. The Hall–Kier alpha value is -1.03. The first-order valence-electron chi connectivity index (χ1n) is 5.47. The van der Waals surface area contributed by atoms with Gasteiger partial charge in [-0.15, -0.1) is 0 Å². The van der Waals surface area contributed by atoms with E-state index in [2.05, 4.69) is 24.3 Å². The monoisotopic (exact) mass is 211 g/mol. The van der Waals surface area contributed by atoms with Gasteiger partial charge in [-0.05, 0) is 12.3 Å². The van der Waals surface area contributed by atoms with Crippen LogP contribution < -0.4 is 5.32 Å². The molecule has 0 radical (unpaired) electrons. The first-order chi connectivity index (χ1) is 7.22. The Morgan fingerprint density at radius 1 is 1.53 bits per heavy atom. The Kier molecular flexibility index (Phi) is 5.18. The van der Waals surface area contributed by atoms with Crippen molar-refractivity contribution >= 4 is 5.69 Å². The Labute approximate surface area is 91.6 Å². The summed E-state index contributed by atoms with van der Waals surface area (Å²) >= 11 is 0. The summed E-state index contributed by atoms with van der Waals surface area (Å²) in [7, 11) is 1.70. The summed E-state index contributed by atoms with van der Waals surface area (Å²) in [6.07, 6.45) is 5.05. The lowest BCUT2D eigenvalue weighted by molar-refractivity contribution is 0.183. The Morgan fingerprint density at radius 2 is 2.33 bits per heavy atom. The maximum absolute atomic E-state index is 4.99. The molecule has 0 bridgehead atoms. The van der Waals surface area contributed by atoms with E-state index in [4.69, 9.17) is 4.74 Å². The second kappa shape index (κ2) is 6.45. The molecular weight excluding hydrogens is 190 g/mol. The van der Waals surface area contributed by atoms with Crippen LogP contribution >= 0.6 is 0 Å². The van der Waals surface area contributed by atoms with E-state index in [0.29, 0.717) is 6.61 Å². The first-order valence-corrected chi connectivity index (χ1v) is 5.47. The lowest BCUT2D eigenvalue weighted by atomic mass is 10.1. The molecule has 15 heavy (non-hydrogen) atoms. The summed E-state index contributed by atoms with van der Waals surface area (Å²) in [5, 5.41) is 7.57. The highest BCUT2D eigenvalue weighted by atomic mass is 16.5. The molecule has 1 N–H and O–H groups in total. The molecule has 0 atom stereocenters. The van der Waals surface area contributed by atoms with Crippen LogP contribution in [0.1, 0.15) is 20.3 Å². The van der Waals surface area contributed by atoms with Crippen LogP contribution in [-0.4, -0.2) is 30.0 Å². The van der Waals surface area contributed by atoms with Crippen molar-refractivity contribution in [3.05, 3.63) is 12.4 Å². The third kappa shape index (κ3) is 4.83. The fraction of sp³-hybridized carbons (Fsp3) is 0.727. The minimum atomic E-state index is 0.702. The number of ether oxygens (including phenoxy) is 1. The van der Waals surface area contributed by atoms with Crippen LogP contribution in [-0.2, 0) is 11.3 Å². The largest absolute Gasteiger partial charge is 0.383 e. The molecule has 1 heterocycles. The second-order valence-electron chi connectivity index (χ2n) is 4.09. The standard InChI is InChI=1S/C11H21N3O/c1-10(2)4-5-12-11-8-13-14(9-11)6-7-15-3/h8-10,12H,4-7H2,1-3H3. The SMILES string of the molecule is COCCn1cc(NCCC(C)C)cn1. The van der Waals surface area contributed by atoms with E-state index in [0.717, 1.165) is 24.7 Å². The summed E-state index contributed by atoms with van der Waals surface area (Å²) in [6.45, 7) is 6.97. The van der Waals surface area contributed by atoms with Crippen molar-refractivity contribution in [1.82, 2.24) is 9.78 Å². The minimum Gasteiger partial charge on any atom is -0.383 e. The average Bonchev–Trinajstić information content (AvgIpc) is 2.62. The second-order valence-corrected chi connectivity index (χ2v) is 4.09. The number of hydrogen-bond acceptors (Lipinski definition) is 3. The van der Waals surface area contributed by atoms with Gasteiger partial charge in [0.1, 0.15) is 0 Å². The molecule has 86 valence electrons. The van der Waals surface area contributed by atoms with Crippen LogP contribution in [0.2, 0.25) is 0 Å². The van der Waals surface area contributed by atoms with Gasteiger partial charge < -0.3 is 10.1 Å². The van der Waals surface area contributed by atoms with Crippen molar-refractivity contribution in [2.45, 2.75) is 26.8 Å². The predicted molar refractivity (Wildman–Crippen MR) is 62.0 cm³/mol. The van der Waals surface area contributed by atoms with Gasteiger partial charge >= 0.3 is 0 Å². The van der Waals surface area contributed by atoms with Crippen molar-refractivity contribution in [3.63, 3.8) is 0 Å². The quantitative estimate of drug-likeness (QED) is 0.749. The van der Waals surface area contributed by atoms with Gasteiger partial charge in [-0.3, -0.25) is 4.68 Å². The lowest BCUT2D eigenvalue weighted by Crippen LogP contribution is -2.05. The van der Waals surface area contributed by atoms with Crippen molar-refractivity contribution in [2.24, 2.45) is 5.92 Å². The number of nitrogens with one attached hydrogen (secondary N) is 1. The molecule has 0 aliphatic heterocycles. The van der Waals surface area contributed by atoms with Crippen molar-refractivity contribution in [2.75, 3.05) is 25.6 Å². The molecule has 4 nitrogen and oxygen atoms in total. The molecular formula is C11H21N3O. The zero-order chi connectivity index (χ0) is 11.1. The highest BCUT2D eigenvalue weighted by Crippen LogP contribution is 2.06. The number of rotatable bonds is 7. The van der Waals surface area contributed by atoms with E-state index in [9.17, 15) is 0 Å². The molecule has 0 saturated carbocycles. The third-order valence-corrected chi connectivity index (χ3v) is 2.21. The fourth-order valence-corrected chi connectivity index (χ4v) is 1.27. The van der Waals surface area contributed by atoms with Crippen LogP contribution in [0.25, 0.3) is 0 Å². The van der Waals surface area contributed by atoms with Crippen LogP contribution in [0.5, 0.6) is 0 Å². The Bertz CT molecular complexity index is 271. The molecule has 0 amide bonds. The number of hydrogen-bond donors (Lipinski definition) is 1. The van der Waals surface area contributed by atoms with E-state index in [1.165, 1.54) is 6.42 Å². The predicted octanol–water partition coefficient (Wildman–Crippen LogP) is 1.99. The zero-order valence-electron chi connectivity index (χ0n) is 9.86. The number of methoxy groups -OCH3 is 1. The van der Waals surface area contributed by atoms with Gasteiger partial charge in [0.25, 0.3) is 0 Å². The Balaban J connectivity index is 2.26. The molecule has 0 aliphatic rings. The van der Waals surface area contributed by atoms with Gasteiger partial charge in [0.2, 0.25) is 0 Å². The molecule has 0 unspecified atom stereocenters. The van der Waals surface area contributed by atoms with Crippen LogP contribution in [0.15, 0.2) is 12.4 Å². The molecule has 4 heteroatoms. The van der Waals surface area contributed by atoms with Crippen molar-refractivity contribution < 1.29 is 4.74 Å². The van der Waals surface area contributed by atoms with E-state index >= 15 is 0 Å². The minimum absolute atomic E-state index is 0.702. The van der Waals surface area contributed by atoms with E-state index in [-0.39, 0.29) is 0 Å². The highest BCUT2D eigenvalue weighted by Gasteiger charge is 1.98. The number of anilines is 1. The third-order valence-electron chi connectivity index (χ3n) is 2.21. The lowest BCUT2D eigenvalue weighted by Gasteiger charge is -2.05. The summed E-state index contributed by atoms with van der Waals surface area (Å²) in [5.41, 5.74) is 1.09. The van der Waals surface area contributed by atoms with Crippen LogP contribution in [0.3, 0.4) is 0 Å². The normalized spacial score (nSPS) is 10.9. The van der Waals surface area contributed by atoms with E-state index in [1.54, 1.807) is 7.11 Å². The Morgan fingerprint density at radius 3 is 3.00 bits per heavy atom. The van der Waals surface area contributed by atoms with Gasteiger partial charge in [-0.2, -0.15) is 5.10 Å². The zero-order valence-corrected chi connectivity index (χ0v) is 9.86. The number of aromatic nitrogens is 2. The van der Waals surface area contributed by atoms with Crippen molar-refractivity contribution in [3.8, 4) is 0 Å². The summed E-state index contributed by atoms with van der Waals surface area (Å²) in [6, 6.07) is 0. The number of nitrogens with zero attached hydrogens (tertiary/aromatic N) is 2. The topological polar surface area (TPSA) is 39.1 Å². The average molecular weight is 211 g/mol. The molecule has 1 aromatic heterocycles. The maximum atomic E-state index is 4.99. The maximum Gasteiger partial charge on any atom is 0.0726 e. The fourth-order valence-electron chi connectivity index (χ4n) is 1.27. The van der Waals surface area contributed by atoms with Crippen LogP contribution in [0.4, 0.5) is 5.69 Å². The smallest absolute Gasteiger partial charge is 0.0726 e.